The van der Waals surface area contributed by atoms with Gasteiger partial charge in [-0.2, -0.15) is 0 Å². The van der Waals surface area contributed by atoms with Gasteiger partial charge in [-0.3, -0.25) is 19.5 Å². The van der Waals surface area contributed by atoms with Crippen molar-refractivity contribution in [1.29, 1.82) is 0 Å². The van der Waals surface area contributed by atoms with E-state index in [1.54, 1.807) is 48.8 Å². The molecular weight excluding hydrogens is 308 g/mol. The Balaban J connectivity index is 1.46. The summed E-state index contributed by atoms with van der Waals surface area (Å²) in [6.45, 7) is 0.698. The van der Waals surface area contributed by atoms with E-state index in [1.807, 2.05) is 0 Å². The summed E-state index contributed by atoms with van der Waals surface area (Å²) in [6.07, 6.45) is 3.30. The van der Waals surface area contributed by atoms with Crippen LogP contribution in [-0.2, 0) is 6.54 Å². The molecule has 122 valence electrons. The molecule has 4 amide bonds. The third-order valence-electron chi connectivity index (χ3n) is 3.70. The molecule has 2 aromatic rings. The maximum Gasteiger partial charge on any atom is 0.315 e. The fraction of sp³-hybridized carbons (Fsp3) is 0.176. The first-order valence-corrected chi connectivity index (χ1v) is 7.52. The van der Waals surface area contributed by atoms with Gasteiger partial charge < -0.3 is 10.6 Å². The number of aromatic nitrogens is 1. The third-order valence-corrected chi connectivity index (χ3v) is 3.70. The fourth-order valence-corrected chi connectivity index (χ4v) is 2.47. The minimum atomic E-state index is -0.358. The summed E-state index contributed by atoms with van der Waals surface area (Å²) in [4.78, 5) is 41.1. The van der Waals surface area contributed by atoms with Crippen LogP contribution >= 0.6 is 0 Å². The molecule has 0 spiro atoms. The second kappa shape index (κ2) is 6.91. The van der Waals surface area contributed by atoms with Crippen LogP contribution < -0.4 is 10.6 Å². The first-order valence-electron chi connectivity index (χ1n) is 7.52. The van der Waals surface area contributed by atoms with Gasteiger partial charge in [-0.05, 0) is 29.8 Å². The topological polar surface area (TPSA) is 91.4 Å². The van der Waals surface area contributed by atoms with Gasteiger partial charge in [0.25, 0.3) is 11.8 Å². The van der Waals surface area contributed by atoms with Gasteiger partial charge in [0.2, 0.25) is 0 Å². The number of nitrogens with zero attached hydrogens (tertiary/aromatic N) is 2. The Labute approximate surface area is 138 Å². The van der Waals surface area contributed by atoms with E-state index in [-0.39, 0.29) is 30.9 Å². The average molecular weight is 324 g/mol. The number of fused-ring (bicyclic) bond motifs is 1. The minimum Gasteiger partial charge on any atom is -0.336 e. The van der Waals surface area contributed by atoms with Gasteiger partial charge in [-0.25, -0.2) is 4.79 Å². The highest BCUT2D eigenvalue weighted by Crippen LogP contribution is 2.21. The molecule has 0 aliphatic carbocycles. The molecule has 0 atom stereocenters. The van der Waals surface area contributed by atoms with Gasteiger partial charge in [0.05, 0.1) is 11.1 Å². The van der Waals surface area contributed by atoms with Crippen molar-refractivity contribution in [1.82, 2.24) is 20.5 Å². The van der Waals surface area contributed by atoms with Crippen molar-refractivity contribution >= 4 is 17.8 Å². The van der Waals surface area contributed by atoms with Crippen LogP contribution in [0.5, 0.6) is 0 Å². The molecule has 0 radical (unpaired) electrons. The van der Waals surface area contributed by atoms with Crippen molar-refractivity contribution in [3.05, 3.63) is 65.5 Å². The van der Waals surface area contributed by atoms with Crippen LogP contribution in [0.25, 0.3) is 0 Å². The Hall–Kier alpha value is -3.22. The molecule has 0 saturated heterocycles. The van der Waals surface area contributed by atoms with Crippen molar-refractivity contribution in [3.63, 3.8) is 0 Å². The van der Waals surface area contributed by atoms with E-state index in [1.165, 1.54) is 0 Å². The third kappa shape index (κ3) is 3.24. The molecule has 24 heavy (non-hydrogen) atoms. The zero-order chi connectivity index (χ0) is 16.9. The number of carbonyl (C=O) groups excluding carboxylic acids is 3. The lowest BCUT2D eigenvalue weighted by Gasteiger charge is -2.14. The molecule has 3 rings (SSSR count). The monoisotopic (exact) mass is 324 g/mol. The van der Waals surface area contributed by atoms with Crippen LogP contribution in [-0.4, -0.2) is 40.8 Å². The highest BCUT2D eigenvalue weighted by atomic mass is 16.2. The molecule has 7 heteroatoms. The number of carbonyl (C=O) groups is 3. The number of benzene rings is 1. The Kier molecular flexibility index (Phi) is 4.51. The Bertz CT molecular complexity index is 741. The van der Waals surface area contributed by atoms with Crippen LogP contribution in [0.15, 0.2) is 48.8 Å². The number of rotatable bonds is 5. The van der Waals surface area contributed by atoms with E-state index in [4.69, 9.17) is 0 Å². The van der Waals surface area contributed by atoms with Crippen LogP contribution in [0.1, 0.15) is 26.3 Å². The normalized spacial score (nSPS) is 12.9. The van der Waals surface area contributed by atoms with Crippen molar-refractivity contribution in [2.45, 2.75) is 6.54 Å². The van der Waals surface area contributed by atoms with Gasteiger partial charge >= 0.3 is 6.03 Å². The van der Waals surface area contributed by atoms with E-state index < -0.39 is 0 Å². The number of urea groups is 1. The van der Waals surface area contributed by atoms with Crippen molar-refractivity contribution in [2.75, 3.05) is 13.1 Å². The van der Waals surface area contributed by atoms with E-state index >= 15 is 0 Å². The van der Waals surface area contributed by atoms with Crippen molar-refractivity contribution in [3.8, 4) is 0 Å². The summed E-state index contributed by atoms with van der Waals surface area (Å²) in [5.74, 6) is -0.649. The highest BCUT2D eigenvalue weighted by molar-refractivity contribution is 6.21. The molecule has 2 heterocycles. The number of imide groups is 1. The molecule has 1 aliphatic heterocycles. The SMILES string of the molecule is O=C(NCCN1C(=O)c2ccccc2C1=O)NCc1ccncc1. The Morgan fingerprint density at radius 2 is 1.58 bits per heavy atom. The highest BCUT2D eigenvalue weighted by Gasteiger charge is 2.34. The molecule has 1 aromatic heterocycles. The van der Waals surface area contributed by atoms with Gasteiger partial charge in [-0.1, -0.05) is 12.1 Å². The van der Waals surface area contributed by atoms with Gasteiger partial charge in [0.15, 0.2) is 0 Å². The standard InChI is InChI=1S/C17H16N4O3/c22-15-13-3-1-2-4-14(13)16(23)21(15)10-9-19-17(24)20-11-12-5-7-18-8-6-12/h1-8H,9-11H2,(H2,19,20,24). The van der Waals surface area contributed by atoms with Crippen LogP contribution in [0.4, 0.5) is 4.79 Å². The van der Waals surface area contributed by atoms with E-state index in [9.17, 15) is 14.4 Å². The van der Waals surface area contributed by atoms with Gasteiger partial charge in [0, 0.05) is 32.0 Å². The predicted octanol–water partition coefficient (Wildman–Crippen LogP) is 1.18. The maximum atomic E-state index is 12.2. The van der Waals surface area contributed by atoms with Gasteiger partial charge in [-0.15, -0.1) is 0 Å². The second-order valence-corrected chi connectivity index (χ2v) is 5.27. The molecular formula is C17H16N4O3. The molecule has 2 N–H and O–H groups in total. The number of nitrogens with one attached hydrogen (secondary N) is 2. The van der Waals surface area contributed by atoms with Crippen LogP contribution in [0.3, 0.4) is 0 Å². The zero-order valence-corrected chi connectivity index (χ0v) is 12.9. The molecule has 1 aromatic carbocycles. The Morgan fingerprint density at radius 1 is 0.958 bits per heavy atom. The van der Waals surface area contributed by atoms with Crippen molar-refractivity contribution in [2.24, 2.45) is 0 Å². The fourth-order valence-electron chi connectivity index (χ4n) is 2.47. The predicted molar refractivity (Wildman–Crippen MR) is 86.3 cm³/mol. The van der Waals surface area contributed by atoms with E-state index in [0.717, 1.165) is 10.5 Å². The molecule has 0 unspecified atom stereocenters. The summed E-state index contributed by atoms with van der Waals surface area (Å²) in [5, 5.41) is 5.33. The summed E-state index contributed by atoms with van der Waals surface area (Å²) in [7, 11) is 0. The molecule has 1 aliphatic rings. The van der Waals surface area contributed by atoms with E-state index in [2.05, 4.69) is 15.6 Å². The zero-order valence-electron chi connectivity index (χ0n) is 12.9. The second-order valence-electron chi connectivity index (χ2n) is 5.27. The molecule has 0 fully saturated rings. The Morgan fingerprint density at radius 3 is 2.21 bits per heavy atom. The lowest BCUT2D eigenvalue weighted by atomic mass is 10.1. The van der Waals surface area contributed by atoms with E-state index in [0.29, 0.717) is 17.7 Å². The number of hydrogen-bond donors (Lipinski definition) is 2. The van der Waals surface area contributed by atoms with Crippen LogP contribution in [0, 0.1) is 0 Å². The molecule has 0 bridgehead atoms. The lowest BCUT2D eigenvalue weighted by Crippen LogP contribution is -2.41. The number of amides is 4. The van der Waals surface area contributed by atoms with Crippen molar-refractivity contribution < 1.29 is 14.4 Å². The number of hydrogen-bond acceptors (Lipinski definition) is 4. The van der Waals surface area contributed by atoms with Crippen LogP contribution in [0.2, 0.25) is 0 Å². The smallest absolute Gasteiger partial charge is 0.315 e. The molecule has 7 nitrogen and oxygen atoms in total. The van der Waals surface area contributed by atoms with Gasteiger partial charge in [0.1, 0.15) is 0 Å². The summed E-state index contributed by atoms with van der Waals surface area (Å²) in [5.41, 5.74) is 1.75. The maximum absolute atomic E-state index is 12.2. The number of pyridine rings is 1. The first kappa shape index (κ1) is 15.7. The summed E-state index contributed by atoms with van der Waals surface area (Å²) in [6, 6.07) is 9.95. The summed E-state index contributed by atoms with van der Waals surface area (Å²) < 4.78 is 0. The minimum absolute atomic E-state index is 0.134. The average Bonchev–Trinajstić information content (AvgIpc) is 2.86. The lowest BCUT2D eigenvalue weighted by molar-refractivity contribution is 0.0656. The largest absolute Gasteiger partial charge is 0.336 e. The first-order chi connectivity index (χ1) is 11.7. The quantitative estimate of drug-likeness (QED) is 0.808. The molecule has 0 saturated carbocycles. The summed E-state index contributed by atoms with van der Waals surface area (Å²) >= 11 is 0.